The maximum Gasteiger partial charge on any atom is 0.157 e. The zero-order chi connectivity index (χ0) is 19.4. The molecule has 0 heterocycles. The van der Waals surface area contributed by atoms with Crippen molar-refractivity contribution in [3.05, 3.63) is 91.9 Å². The monoisotopic (exact) mass is 417 g/mol. The van der Waals surface area contributed by atoms with Crippen molar-refractivity contribution in [1.82, 2.24) is 0 Å². The minimum Gasteiger partial charge on any atom is -0.486 e. The van der Waals surface area contributed by atoms with Crippen molar-refractivity contribution in [2.45, 2.75) is 20.5 Å². The van der Waals surface area contributed by atoms with Gasteiger partial charge in [0.15, 0.2) is 5.75 Å². The molecule has 0 aliphatic rings. The topological polar surface area (TPSA) is 21.6 Å². The molecule has 0 spiro atoms. The Morgan fingerprint density at radius 3 is 2.26 bits per heavy atom. The van der Waals surface area contributed by atoms with Crippen molar-refractivity contribution in [3.8, 4) is 5.75 Å². The van der Waals surface area contributed by atoms with Crippen LogP contribution in [0.25, 0.3) is 0 Å². The van der Waals surface area contributed by atoms with E-state index in [2.05, 4.69) is 24.9 Å². The molecule has 3 aromatic rings. The number of aryl methyl sites for hydroxylation is 1. The SMILES string of the molecule is Cc1cccc(N=Cc2cc(Cl)c(OCc3ccc(Cl)cc3)c(Cl)c2)c1C. The van der Waals surface area contributed by atoms with E-state index in [0.29, 0.717) is 27.4 Å². The van der Waals surface area contributed by atoms with Gasteiger partial charge in [-0.15, -0.1) is 0 Å². The molecule has 0 radical (unpaired) electrons. The fraction of sp³-hybridized carbons (Fsp3) is 0.136. The van der Waals surface area contributed by atoms with Gasteiger partial charge in [0.2, 0.25) is 0 Å². The summed E-state index contributed by atoms with van der Waals surface area (Å²) >= 11 is 18.6. The lowest BCUT2D eigenvalue weighted by atomic mass is 10.1. The number of aliphatic imine (C=N–C) groups is 1. The molecule has 0 amide bonds. The molecule has 5 heteroatoms. The van der Waals surface area contributed by atoms with Crippen LogP contribution >= 0.6 is 34.8 Å². The van der Waals surface area contributed by atoms with Gasteiger partial charge in [-0.3, -0.25) is 4.99 Å². The highest BCUT2D eigenvalue weighted by atomic mass is 35.5. The zero-order valence-electron chi connectivity index (χ0n) is 15.0. The largest absolute Gasteiger partial charge is 0.486 e. The molecule has 0 N–H and O–H groups in total. The van der Waals surface area contributed by atoms with E-state index in [1.165, 1.54) is 5.56 Å². The van der Waals surface area contributed by atoms with Gasteiger partial charge in [0.25, 0.3) is 0 Å². The van der Waals surface area contributed by atoms with Gasteiger partial charge in [-0.25, -0.2) is 0 Å². The molecule has 0 unspecified atom stereocenters. The quantitative estimate of drug-likeness (QED) is 0.391. The zero-order valence-corrected chi connectivity index (χ0v) is 17.2. The summed E-state index contributed by atoms with van der Waals surface area (Å²) in [6.07, 6.45) is 1.75. The number of nitrogens with zero attached hydrogens (tertiary/aromatic N) is 1. The Kier molecular flexibility index (Phi) is 6.43. The molecule has 3 rings (SSSR count). The Morgan fingerprint density at radius 2 is 1.59 bits per heavy atom. The molecule has 0 aliphatic heterocycles. The van der Waals surface area contributed by atoms with Gasteiger partial charge in [-0.1, -0.05) is 59.1 Å². The first-order chi connectivity index (χ1) is 12.9. The molecule has 0 saturated carbocycles. The van der Waals surface area contributed by atoms with E-state index in [4.69, 9.17) is 39.5 Å². The second kappa shape index (κ2) is 8.79. The summed E-state index contributed by atoms with van der Waals surface area (Å²) in [6, 6.07) is 17.0. The molecule has 0 fully saturated rings. The molecule has 2 nitrogen and oxygen atoms in total. The summed E-state index contributed by atoms with van der Waals surface area (Å²) in [6.45, 7) is 4.47. The first-order valence-electron chi connectivity index (χ1n) is 8.40. The van der Waals surface area contributed by atoms with E-state index >= 15 is 0 Å². The Bertz CT molecular complexity index is 958. The molecule has 0 aliphatic carbocycles. The van der Waals surface area contributed by atoms with E-state index in [0.717, 1.165) is 22.4 Å². The van der Waals surface area contributed by atoms with Gasteiger partial charge in [0.1, 0.15) is 6.61 Å². The van der Waals surface area contributed by atoms with Crippen LogP contribution in [0.3, 0.4) is 0 Å². The predicted molar refractivity (Wildman–Crippen MR) is 115 cm³/mol. The van der Waals surface area contributed by atoms with E-state index in [9.17, 15) is 0 Å². The van der Waals surface area contributed by atoms with Crippen LogP contribution in [-0.2, 0) is 6.61 Å². The molecule has 0 bridgehead atoms. The van der Waals surface area contributed by atoms with Crippen LogP contribution in [0.15, 0.2) is 59.6 Å². The maximum atomic E-state index is 6.37. The van der Waals surface area contributed by atoms with Crippen molar-refractivity contribution in [2.24, 2.45) is 4.99 Å². The Hall–Kier alpha value is -2.00. The van der Waals surface area contributed by atoms with E-state index < -0.39 is 0 Å². The molecular weight excluding hydrogens is 401 g/mol. The lowest BCUT2D eigenvalue weighted by Gasteiger charge is -2.11. The van der Waals surface area contributed by atoms with Crippen LogP contribution in [0.2, 0.25) is 15.1 Å². The third kappa shape index (κ3) is 5.04. The minimum atomic E-state index is 0.354. The van der Waals surface area contributed by atoms with Crippen LogP contribution in [-0.4, -0.2) is 6.21 Å². The second-order valence-corrected chi connectivity index (χ2v) is 7.46. The highest BCUT2D eigenvalue weighted by Gasteiger charge is 2.10. The van der Waals surface area contributed by atoms with Crippen molar-refractivity contribution in [3.63, 3.8) is 0 Å². The van der Waals surface area contributed by atoms with Gasteiger partial charge in [-0.05, 0) is 66.4 Å². The summed E-state index contributed by atoms with van der Waals surface area (Å²) in [7, 11) is 0. The van der Waals surface area contributed by atoms with Crippen LogP contribution in [0.5, 0.6) is 5.75 Å². The number of hydrogen-bond donors (Lipinski definition) is 0. The van der Waals surface area contributed by atoms with Crippen molar-refractivity contribution < 1.29 is 4.74 Å². The summed E-state index contributed by atoms with van der Waals surface area (Å²) in [5.41, 5.74) is 5.06. The van der Waals surface area contributed by atoms with Gasteiger partial charge >= 0.3 is 0 Å². The van der Waals surface area contributed by atoms with Crippen molar-refractivity contribution in [2.75, 3.05) is 0 Å². The summed E-state index contributed by atoms with van der Waals surface area (Å²) < 4.78 is 5.79. The molecular formula is C22H18Cl3NO. The number of halogens is 3. The third-order valence-electron chi connectivity index (χ3n) is 4.25. The highest BCUT2D eigenvalue weighted by molar-refractivity contribution is 6.37. The minimum absolute atomic E-state index is 0.354. The Balaban J connectivity index is 1.77. The van der Waals surface area contributed by atoms with E-state index in [-0.39, 0.29) is 0 Å². The van der Waals surface area contributed by atoms with Crippen LogP contribution in [0, 0.1) is 13.8 Å². The fourth-order valence-electron chi connectivity index (χ4n) is 2.55. The first-order valence-corrected chi connectivity index (χ1v) is 9.54. The standard InChI is InChI=1S/C22H18Cl3NO/c1-14-4-3-5-21(15(14)2)26-12-17-10-19(24)22(20(25)11-17)27-13-16-6-8-18(23)9-7-16/h3-12H,13H2,1-2H3. The second-order valence-electron chi connectivity index (χ2n) is 6.21. The van der Waals surface area contributed by atoms with Crippen LogP contribution in [0.4, 0.5) is 5.69 Å². The van der Waals surface area contributed by atoms with E-state index in [1.54, 1.807) is 18.3 Å². The molecule has 27 heavy (non-hydrogen) atoms. The van der Waals surface area contributed by atoms with E-state index in [1.807, 2.05) is 36.4 Å². The smallest absolute Gasteiger partial charge is 0.157 e. The Labute approximate surface area is 174 Å². The normalized spacial score (nSPS) is 11.1. The summed E-state index contributed by atoms with van der Waals surface area (Å²) in [5.74, 6) is 0.456. The molecule has 0 aromatic heterocycles. The van der Waals surface area contributed by atoms with Crippen LogP contribution in [0.1, 0.15) is 22.3 Å². The molecule has 3 aromatic carbocycles. The Morgan fingerprint density at radius 1 is 0.926 bits per heavy atom. The van der Waals surface area contributed by atoms with Gasteiger partial charge in [-0.2, -0.15) is 0 Å². The van der Waals surface area contributed by atoms with Gasteiger partial charge in [0.05, 0.1) is 15.7 Å². The fourth-order valence-corrected chi connectivity index (χ4v) is 3.29. The van der Waals surface area contributed by atoms with Crippen molar-refractivity contribution >= 4 is 46.7 Å². The summed E-state index contributed by atoms with van der Waals surface area (Å²) in [5, 5.41) is 1.57. The van der Waals surface area contributed by atoms with Crippen molar-refractivity contribution in [1.29, 1.82) is 0 Å². The highest BCUT2D eigenvalue weighted by Crippen LogP contribution is 2.34. The number of ether oxygens (including phenoxy) is 1. The first kappa shape index (κ1) is 19.8. The lowest BCUT2D eigenvalue weighted by molar-refractivity contribution is 0.306. The number of benzene rings is 3. The molecule has 138 valence electrons. The predicted octanol–water partition coefficient (Wildman–Crippen LogP) is 7.59. The average molecular weight is 419 g/mol. The number of hydrogen-bond acceptors (Lipinski definition) is 2. The average Bonchev–Trinajstić information content (AvgIpc) is 2.64. The number of rotatable bonds is 5. The third-order valence-corrected chi connectivity index (χ3v) is 5.06. The maximum absolute atomic E-state index is 6.37. The van der Waals surface area contributed by atoms with Gasteiger partial charge in [0, 0.05) is 11.2 Å². The molecule has 0 saturated heterocycles. The lowest BCUT2D eigenvalue weighted by Crippen LogP contribution is -1.97. The summed E-state index contributed by atoms with van der Waals surface area (Å²) in [4.78, 5) is 4.55. The van der Waals surface area contributed by atoms with Crippen LogP contribution < -0.4 is 4.74 Å². The molecule has 0 atom stereocenters. The van der Waals surface area contributed by atoms with Gasteiger partial charge < -0.3 is 4.74 Å².